The molecular formula is C10H9I2NO4. The fourth-order valence-electron chi connectivity index (χ4n) is 1.27. The van der Waals surface area contributed by atoms with E-state index in [9.17, 15) is 14.7 Å². The first-order valence-corrected chi connectivity index (χ1v) is 6.71. The third kappa shape index (κ3) is 3.98. The van der Waals surface area contributed by atoms with Crippen LogP contribution in [0.2, 0.25) is 0 Å². The first-order chi connectivity index (χ1) is 7.95. The van der Waals surface area contributed by atoms with Gasteiger partial charge in [0, 0.05) is 6.42 Å². The van der Waals surface area contributed by atoms with Crippen LogP contribution in [0.1, 0.15) is 5.56 Å². The highest BCUT2D eigenvalue weighted by molar-refractivity contribution is 14.1. The van der Waals surface area contributed by atoms with Crippen molar-refractivity contribution < 1.29 is 19.8 Å². The van der Waals surface area contributed by atoms with Gasteiger partial charge in [-0.3, -0.25) is 4.79 Å². The minimum Gasteiger partial charge on any atom is -0.506 e. The molecule has 7 heteroatoms. The minimum absolute atomic E-state index is 0.181. The van der Waals surface area contributed by atoms with Gasteiger partial charge in [0.1, 0.15) is 11.8 Å². The van der Waals surface area contributed by atoms with Crippen LogP contribution < -0.4 is 5.32 Å². The van der Waals surface area contributed by atoms with Gasteiger partial charge in [0.2, 0.25) is 6.41 Å². The van der Waals surface area contributed by atoms with Gasteiger partial charge in [-0.25, -0.2) is 4.79 Å². The number of rotatable bonds is 5. The Hall–Kier alpha value is -0.580. The molecule has 92 valence electrons. The number of carbonyl (C=O) groups excluding carboxylic acids is 1. The summed E-state index contributed by atoms with van der Waals surface area (Å²) < 4.78 is 1.31. The standard InChI is InChI=1S/C10H9I2NO4/c11-6-1-5(2-7(12)9(6)15)3-8(10(16)17)13-4-14/h1-2,4,8,15H,3H2,(H,13,14)(H,16,17). The number of benzene rings is 1. The van der Waals surface area contributed by atoms with Crippen LogP contribution in [0, 0.1) is 7.14 Å². The van der Waals surface area contributed by atoms with Crippen LogP contribution in [-0.4, -0.2) is 28.6 Å². The molecule has 0 saturated heterocycles. The molecular weight excluding hydrogens is 452 g/mol. The van der Waals surface area contributed by atoms with E-state index >= 15 is 0 Å². The summed E-state index contributed by atoms with van der Waals surface area (Å²) in [6, 6.07) is 2.43. The van der Waals surface area contributed by atoms with Gasteiger partial charge in [-0.2, -0.15) is 0 Å². The van der Waals surface area contributed by atoms with Crippen LogP contribution in [0.25, 0.3) is 0 Å². The Morgan fingerprint density at radius 2 is 1.94 bits per heavy atom. The maximum Gasteiger partial charge on any atom is 0.326 e. The molecule has 1 aromatic carbocycles. The van der Waals surface area contributed by atoms with Crippen molar-refractivity contribution in [2.75, 3.05) is 0 Å². The van der Waals surface area contributed by atoms with E-state index in [1.165, 1.54) is 0 Å². The van der Waals surface area contributed by atoms with Crippen LogP contribution in [0.3, 0.4) is 0 Å². The predicted octanol–water partition coefficient (Wildman–Crippen LogP) is 1.34. The molecule has 0 aromatic heterocycles. The largest absolute Gasteiger partial charge is 0.506 e. The van der Waals surface area contributed by atoms with Gasteiger partial charge >= 0.3 is 5.97 Å². The van der Waals surface area contributed by atoms with E-state index in [0.29, 0.717) is 13.6 Å². The molecule has 0 aliphatic rings. The van der Waals surface area contributed by atoms with Gasteiger partial charge < -0.3 is 15.5 Å². The van der Waals surface area contributed by atoms with E-state index in [4.69, 9.17) is 5.11 Å². The minimum atomic E-state index is -1.09. The summed E-state index contributed by atoms with van der Waals surface area (Å²) in [7, 11) is 0. The van der Waals surface area contributed by atoms with Crippen molar-refractivity contribution in [2.45, 2.75) is 12.5 Å². The quantitative estimate of drug-likeness (QED) is 0.457. The second-order valence-corrected chi connectivity index (χ2v) is 5.61. The SMILES string of the molecule is O=CNC(Cc1cc(I)c(O)c(I)c1)C(=O)O. The number of carboxylic acid groups (broad SMARTS) is 1. The summed E-state index contributed by atoms with van der Waals surface area (Å²) in [5.41, 5.74) is 0.748. The second-order valence-electron chi connectivity index (χ2n) is 3.29. The summed E-state index contributed by atoms with van der Waals surface area (Å²) in [6.07, 6.45) is 0.551. The van der Waals surface area contributed by atoms with Crippen LogP contribution in [0.15, 0.2) is 12.1 Å². The molecule has 0 fully saturated rings. The molecule has 0 bridgehead atoms. The van der Waals surface area contributed by atoms with E-state index in [1.807, 2.05) is 45.2 Å². The number of phenols is 1. The molecule has 5 nitrogen and oxygen atoms in total. The molecule has 1 aromatic rings. The van der Waals surface area contributed by atoms with Crippen LogP contribution in [-0.2, 0) is 16.0 Å². The van der Waals surface area contributed by atoms with Gasteiger partial charge in [-0.1, -0.05) is 0 Å². The number of hydrogen-bond acceptors (Lipinski definition) is 3. The molecule has 3 N–H and O–H groups in total. The molecule has 0 aliphatic carbocycles. The second kappa shape index (κ2) is 6.38. The van der Waals surface area contributed by atoms with E-state index in [1.54, 1.807) is 12.1 Å². The molecule has 1 atom stereocenters. The monoisotopic (exact) mass is 461 g/mol. The maximum atomic E-state index is 10.9. The third-order valence-corrected chi connectivity index (χ3v) is 3.73. The fraction of sp³-hybridized carbons (Fsp3) is 0.200. The maximum absolute atomic E-state index is 10.9. The Kier molecular flexibility index (Phi) is 5.43. The highest BCUT2D eigenvalue weighted by Crippen LogP contribution is 2.27. The molecule has 0 aliphatic heterocycles. The number of phenolic OH excluding ortho intramolecular Hbond substituents is 1. The summed E-state index contributed by atoms with van der Waals surface area (Å²) in [4.78, 5) is 21.1. The molecule has 0 heterocycles. The lowest BCUT2D eigenvalue weighted by molar-refractivity contribution is -0.140. The number of carboxylic acids is 1. The average Bonchev–Trinajstić information content (AvgIpc) is 2.25. The van der Waals surface area contributed by atoms with Crippen molar-refractivity contribution in [2.24, 2.45) is 0 Å². The first-order valence-electron chi connectivity index (χ1n) is 4.55. The summed E-state index contributed by atoms with van der Waals surface area (Å²) in [5.74, 6) is -0.902. The van der Waals surface area contributed by atoms with E-state index < -0.39 is 12.0 Å². The van der Waals surface area contributed by atoms with Crippen molar-refractivity contribution in [3.05, 3.63) is 24.8 Å². The Bertz CT molecular complexity index is 427. The zero-order chi connectivity index (χ0) is 13.0. The number of nitrogens with one attached hydrogen (secondary N) is 1. The first kappa shape index (κ1) is 14.5. The molecule has 0 saturated carbocycles. The van der Waals surface area contributed by atoms with Gasteiger partial charge in [0.05, 0.1) is 7.14 Å². The summed E-state index contributed by atoms with van der Waals surface area (Å²) >= 11 is 3.94. The number of aromatic hydroxyl groups is 1. The zero-order valence-electron chi connectivity index (χ0n) is 8.48. The fourth-order valence-corrected chi connectivity index (χ4v) is 3.17. The van der Waals surface area contributed by atoms with Crippen LogP contribution >= 0.6 is 45.2 Å². The third-order valence-electron chi connectivity index (χ3n) is 2.08. The molecule has 1 rings (SSSR count). The summed E-state index contributed by atoms with van der Waals surface area (Å²) in [6.45, 7) is 0. The molecule has 17 heavy (non-hydrogen) atoms. The number of amides is 1. The lowest BCUT2D eigenvalue weighted by Crippen LogP contribution is -2.37. The normalized spacial score (nSPS) is 11.9. The van der Waals surface area contributed by atoms with Crippen molar-refractivity contribution in [3.63, 3.8) is 0 Å². The number of halogens is 2. The van der Waals surface area contributed by atoms with E-state index in [-0.39, 0.29) is 12.2 Å². The Morgan fingerprint density at radius 1 is 1.41 bits per heavy atom. The van der Waals surface area contributed by atoms with Gasteiger partial charge in [-0.15, -0.1) is 0 Å². The highest BCUT2D eigenvalue weighted by Gasteiger charge is 2.18. The van der Waals surface area contributed by atoms with Gasteiger partial charge in [0.25, 0.3) is 0 Å². The smallest absolute Gasteiger partial charge is 0.326 e. The van der Waals surface area contributed by atoms with Gasteiger partial charge in [-0.05, 0) is 62.9 Å². The summed E-state index contributed by atoms with van der Waals surface area (Å²) in [5, 5.41) is 20.7. The number of hydrogen-bond donors (Lipinski definition) is 3. The molecule has 1 unspecified atom stereocenters. The highest BCUT2D eigenvalue weighted by atomic mass is 127. The molecule has 0 spiro atoms. The molecule has 0 radical (unpaired) electrons. The van der Waals surface area contributed by atoms with Crippen molar-refractivity contribution >= 4 is 57.6 Å². The lowest BCUT2D eigenvalue weighted by Gasteiger charge is -2.12. The lowest BCUT2D eigenvalue weighted by atomic mass is 10.1. The van der Waals surface area contributed by atoms with E-state index in [0.717, 1.165) is 5.56 Å². The van der Waals surface area contributed by atoms with Crippen LogP contribution in [0.4, 0.5) is 0 Å². The topological polar surface area (TPSA) is 86.6 Å². The number of aliphatic carboxylic acids is 1. The van der Waals surface area contributed by atoms with Crippen molar-refractivity contribution in [1.82, 2.24) is 5.32 Å². The van der Waals surface area contributed by atoms with Crippen LogP contribution in [0.5, 0.6) is 5.75 Å². The Labute approximate surface area is 125 Å². The number of carbonyl (C=O) groups is 2. The molecule has 1 amide bonds. The van der Waals surface area contributed by atoms with Crippen molar-refractivity contribution in [1.29, 1.82) is 0 Å². The Balaban J connectivity index is 2.93. The average molecular weight is 461 g/mol. The van der Waals surface area contributed by atoms with Gasteiger partial charge in [0.15, 0.2) is 0 Å². The zero-order valence-corrected chi connectivity index (χ0v) is 12.8. The predicted molar refractivity (Wildman–Crippen MR) is 77.9 cm³/mol. The Morgan fingerprint density at radius 3 is 2.35 bits per heavy atom. The van der Waals surface area contributed by atoms with E-state index in [2.05, 4.69) is 5.32 Å². The van der Waals surface area contributed by atoms with Crippen molar-refractivity contribution in [3.8, 4) is 5.75 Å².